The lowest BCUT2D eigenvalue weighted by atomic mass is 9.75. The van der Waals surface area contributed by atoms with Crippen molar-refractivity contribution in [2.75, 3.05) is 5.32 Å². The normalized spacial score (nSPS) is 21.4. The van der Waals surface area contributed by atoms with E-state index in [1.807, 2.05) is 13.0 Å². The fourth-order valence-corrected chi connectivity index (χ4v) is 2.99. The van der Waals surface area contributed by atoms with Crippen LogP contribution in [0.4, 0.5) is 10.1 Å². The molecule has 1 aliphatic carbocycles. The lowest BCUT2D eigenvalue weighted by Crippen LogP contribution is -2.34. The first kappa shape index (κ1) is 13.2. The van der Waals surface area contributed by atoms with Crippen molar-refractivity contribution >= 4 is 5.69 Å². The highest BCUT2D eigenvalue weighted by Gasteiger charge is 2.30. The number of rotatable bonds is 3. The van der Waals surface area contributed by atoms with Gasteiger partial charge in [-0.25, -0.2) is 4.39 Å². The Kier molecular flexibility index (Phi) is 3.47. The summed E-state index contributed by atoms with van der Waals surface area (Å²) in [4.78, 5) is 0. The number of halogens is 1. The van der Waals surface area contributed by atoms with Crippen LogP contribution in [0.25, 0.3) is 0 Å². The fourth-order valence-electron chi connectivity index (χ4n) is 2.99. The molecule has 1 saturated carbocycles. The van der Waals surface area contributed by atoms with Crippen LogP contribution in [0, 0.1) is 19.7 Å². The molecule has 0 heterocycles. The summed E-state index contributed by atoms with van der Waals surface area (Å²) in [5.41, 5.74) is 4.61. The van der Waals surface area contributed by atoms with E-state index in [9.17, 15) is 4.39 Å². The second-order valence-corrected chi connectivity index (χ2v) is 5.94. The summed E-state index contributed by atoms with van der Waals surface area (Å²) >= 11 is 0. The van der Waals surface area contributed by atoms with Gasteiger partial charge in [-0.05, 0) is 61.9 Å². The molecule has 0 aromatic heterocycles. The van der Waals surface area contributed by atoms with Crippen LogP contribution in [0.15, 0.2) is 42.5 Å². The minimum Gasteiger partial charge on any atom is -0.382 e. The second-order valence-electron chi connectivity index (χ2n) is 5.94. The van der Waals surface area contributed by atoms with Gasteiger partial charge in [-0.15, -0.1) is 0 Å². The molecule has 2 aromatic carbocycles. The van der Waals surface area contributed by atoms with Crippen LogP contribution in [-0.2, 0) is 0 Å². The summed E-state index contributed by atoms with van der Waals surface area (Å²) in [6, 6.07) is 14.3. The lowest BCUT2D eigenvalue weighted by Gasteiger charge is -2.37. The quantitative estimate of drug-likeness (QED) is 0.844. The van der Waals surface area contributed by atoms with Gasteiger partial charge in [0, 0.05) is 11.7 Å². The van der Waals surface area contributed by atoms with E-state index in [0.29, 0.717) is 12.0 Å². The third-order valence-corrected chi connectivity index (χ3v) is 4.06. The summed E-state index contributed by atoms with van der Waals surface area (Å²) in [6.45, 7) is 4.05. The molecule has 1 fully saturated rings. The maximum Gasteiger partial charge on any atom is 0.125 e. The SMILES string of the molecule is Cc1cc(F)cc(NC2CC(c3cccc(C)c3)C2)c1. The number of hydrogen-bond donors (Lipinski definition) is 1. The van der Waals surface area contributed by atoms with Gasteiger partial charge in [-0.3, -0.25) is 0 Å². The summed E-state index contributed by atoms with van der Waals surface area (Å²) in [5, 5.41) is 3.43. The largest absolute Gasteiger partial charge is 0.382 e. The van der Waals surface area contributed by atoms with Crippen LogP contribution < -0.4 is 5.32 Å². The van der Waals surface area contributed by atoms with Gasteiger partial charge >= 0.3 is 0 Å². The van der Waals surface area contributed by atoms with Gasteiger partial charge in [0.25, 0.3) is 0 Å². The first-order valence-corrected chi connectivity index (χ1v) is 7.20. The number of nitrogens with one attached hydrogen (secondary N) is 1. The van der Waals surface area contributed by atoms with E-state index >= 15 is 0 Å². The molecule has 0 atom stereocenters. The Bertz CT molecular complexity index is 594. The van der Waals surface area contributed by atoms with Gasteiger partial charge in [0.15, 0.2) is 0 Å². The highest BCUT2D eigenvalue weighted by Crippen LogP contribution is 2.38. The zero-order valence-corrected chi connectivity index (χ0v) is 12.0. The molecule has 0 radical (unpaired) electrons. The Labute approximate surface area is 119 Å². The summed E-state index contributed by atoms with van der Waals surface area (Å²) in [6.07, 6.45) is 2.25. The smallest absolute Gasteiger partial charge is 0.125 e. The fraction of sp³-hybridized carbons (Fsp3) is 0.333. The van der Waals surface area contributed by atoms with Gasteiger partial charge in [0.1, 0.15) is 5.82 Å². The first-order valence-electron chi connectivity index (χ1n) is 7.20. The lowest BCUT2D eigenvalue weighted by molar-refractivity contribution is 0.374. The molecule has 0 unspecified atom stereocenters. The number of anilines is 1. The Morgan fingerprint density at radius 1 is 1.00 bits per heavy atom. The highest BCUT2D eigenvalue weighted by atomic mass is 19.1. The van der Waals surface area contributed by atoms with Gasteiger partial charge in [0.05, 0.1) is 0 Å². The molecule has 0 aliphatic heterocycles. The van der Waals surface area contributed by atoms with Crippen LogP contribution in [0.3, 0.4) is 0 Å². The van der Waals surface area contributed by atoms with Crippen molar-refractivity contribution in [1.29, 1.82) is 0 Å². The molecule has 0 spiro atoms. The molecule has 1 nitrogen and oxygen atoms in total. The predicted octanol–water partition coefficient (Wildman–Crippen LogP) is 4.80. The maximum absolute atomic E-state index is 13.3. The molecule has 104 valence electrons. The van der Waals surface area contributed by atoms with E-state index in [1.54, 1.807) is 12.1 Å². The van der Waals surface area contributed by atoms with Crippen molar-refractivity contribution in [3.63, 3.8) is 0 Å². The number of aryl methyl sites for hydroxylation is 2. The molecule has 1 aliphatic rings. The average molecular weight is 269 g/mol. The molecule has 2 heteroatoms. The van der Waals surface area contributed by atoms with Gasteiger partial charge < -0.3 is 5.32 Å². The first-order chi connectivity index (χ1) is 9.60. The van der Waals surface area contributed by atoms with Gasteiger partial charge in [-0.2, -0.15) is 0 Å². The highest BCUT2D eigenvalue weighted by molar-refractivity contribution is 5.47. The standard InChI is InChI=1S/C18H20FN/c1-12-4-3-5-14(6-12)15-9-18(10-15)20-17-8-13(2)7-16(19)11-17/h3-8,11,15,18,20H,9-10H2,1-2H3. The van der Waals surface area contributed by atoms with Crippen LogP contribution in [0.2, 0.25) is 0 Å². The van der Waals surface area contributed by atoms with Crippen LogP contribution in [0.1, 0.15) is 35.4 Å². The van der Waals surface area contributed by atoms with Gasteiger partial charge in [0.2, 0.25) is 0 Å². The Hall–Kier alpha value is -1.83. The second kappa shape index (κ2) is 5.28. The molecule has 0 bridgehead atoms. The Morgan fingerprint density at radius 2 is 1.80 bits per heavy atom. The number of hydrogen-bond acceptors (Lipinski definition) is 1. The van der Waals surface area contributed by atoms with Crippen molar-refractivity contribution in [3.8, 4) is 0 Å². The van der Waals surface area contributed by atoms with Crippen LogP contribution >= 0.6 is 0 Å². The molecule has 0 saturated heterocycles. The summed E-state index contributed by atoms with van der Waals surface area (Å²) in [5.74, 6) is 0.476. The van der Waals surface area contributed by atoms with E-state index in [1.165, 1.54) is 11.1 Å². The third kappa shape index (κ3) is 2.84. The van der Waals surface area contributed by atoms with Gasteiger partial charge in [-0.1, -0.05) is 29.8 Å². The van der Waals surface area contributed by atoms with Crippen molar-refractivity contribution in [2.24, 2.45) is 0 Å². The summed E-state index contributed by atoms with van der Waals surface area (Å²) < 4.78 is 13.3. The van der Waals surface area contributed by atoms with Crippen molar-refractivity contribution < 1.29 is 4.39 Å². The third-order valence-electron chi connectivity index (χ3n) is 4.06. The molecule has 20 heavy (non-hydrogen) atoms. The minimum absolute atomic E-state index is 0.165. The predicted molar refractivity (Wildman–Crippen MR) is 81.7 cm³/mol. The zero-order valence-electron chi connectivity index (χ0n) is 12.0. The molecule has 2 aromatic rings. The summed E-state index contributed by atoms with van der Waals surface area (Å²) in [7, 11) is 0. The topological polar surface area (TPSA) is 12.0 Å². The van der Waals surface area contributed by atoms with E-state index < -0.39 is 0 Å². The van der Waals surface area contributed by atoms with Crippen LogP contribution in [0.5, 0.6) is 0 Å². The monoisotopic (exact) mass is 269 g/mol. The van der Waals surface area contributed by atoms with Crippen molar-refractivity contribution in [3.05, 3.63) is 65.0 Å². The van der Waals surface area contributed by atoms with Crippen LogP contribution in [-0.4, -0.2) is 6.04 Å². The van der Waals surface area contributed by atoms with E-state index in [2.05, 4.69) is 36.5 Å². The minimum atomic E-state index is -0.165. The van der Waals surface area contributed by atoms with Crippen molar-refractivity contribution in [2.45, 2.75) is 38.6 Å². The average Bonchev–Trinajstić information content (AvgIpc) is 2.32. The number of benzene rings is 2. The molecule has 1 N–H and O–H groups in total. The molecule has 3 rings (SSSR count). The molecule has 0 amide bonds. The Morgan fingerprint density at radius 3 is 2.50 bits per heavy atom. The van der Waals surface area contributed by atoms with E-state index in [0.717, 1.165) is 24.1 Å². The van der Waals surface area contributed by atoms with E-state index in [-0.39, 0.29) is 5.82 Å². The Balaban J connectivity index is 1.61. The molecular weight excluding hydrogens is 249 g/mol. The van der Waals surface area contributed by atoms with E-state index in [4.69, 9.17) is 0 Å². The maximum atomic E-state index is 13.3. The molecular formula is C18H20FN. The zero-order chi connectivity index (χ0) is 14.1. The van der Waals surface area contributed by atoms with Crippen molar-refractivity contribution in [1.82, 2.24) is 0 Å².